The van der Waals surface area contributed by atoms with Gasteiger partial charge in [-0.05, 0) is 50.1 Å². The fraction of sp³-hybridized carbons (Fsp3) is 0.273. The van der Waals surface area contributed by atoms with E-state index in [2.05, 4.69) is 26.7 Å². The van der Waals surface area contributed by atoms with Gasteiger partial charge in [-0.1, -0.05) is 30.3 Å². The number of nitrogens with one attached hydrogen (secondary N) is 2. The lowest BCUT2D eigenvalue weighted by Gasteiger charge is -2.15. The predicted octanol–water partition coefficient (Wildman–Crippen LogP) is 4.67. The van der Waals surface area contributed by atoms with E-state index in [4.69, 9.17) is 9.47 Å². The Kier molecular flexibility index (Phi) is 6.68. The Bertz CT molecular complexity index is 899. The monoisotopic (exact) mass is 378 g/mol. The van der Waals surface area contributed by atoms with Gasteiger partial charge in [0.15, 0.2) is 0 Å². The van der Waals surface area contributed by atoms with E-state index >= 15 is 0 Å². The van der Waals surface area contributed by atoms with E-state index in [9.17, 15) is 0 Å². The molecule has 0 saturated heterocycles. The van der Waals surface area contributed by atoms with Crippen LogP contribution in [0, 0.1) is 0 Å². The summed E-state index contributed by atoms with van der Waals surface area (Å²) in [5.74, 6) is 2.95. The topological polar surface area (TPSA) is 68.3 Å². The molecule has 0 radical (unpaired) electrons. The van der Waals surface area contributed by atoms with Crippen LogP contribution in [0.15, 0.2) is 60.8 Å². The quantitative estimate of drug-likeness (QED) is 0.564. The van der Waals surface area contributed by atoms with E-state index in [1.54, 1.807) is 13.3 Å². The number of aromatic nitrogens is 2. The zero-order chi connectivity index (χ0) is 19.8. The van der Waals surface area contributed by atoms with Crippen LogP contribution in [-0.2, 0) is 6.42 Å². The summed E-state index contributed by atoms with van der Waals surface area (Å²) in [6, 6.07) is 17.6. The van der Waals surface area contributed by atoms with Gasteiger partial charge in [-0.3, -0.25) is 0 Å². The zero-order valence-corrected chi connectivity index (χ0v) is 16.5. The number of para-hydroxylation sites is 3. The molecular formula is C22H26N4O2. The second-order valence-electron chi connectivity index (χ2n) is 6.54. The number of hydrogen-bond donors (Lipinski definition) is 2. The van der Waals surface area contributed by atoms with Crippen molar-refractivity contribution in [3.8, 4) is 11.5 Å². The fourth-order valence-corrected chi connectivity index (χ4v) is 2.80. The van der Waals surface area contributed by atoms with E-state index in [0.29, 0.717) is 5.95 Å². The van der Waals surface area contributed by atoms with Crippen molar-refractivity contribution in [1.82, 2.24) is 9.97 Å². The van der Waals surface area contributed by atoms with Crippen molar-refractivity contribution in [2.75, 3.05) is 24.3 Å². The summed E-state index contributed by atoms with van der Waals surface area (Å²) in [5.41, 5.74) is 1.99. The first kappa shape index (κ1) is 19.5. The minimum Gasteiger partial charge on any atom is -0.496 e. The highest BCUT2D eigenvalue weighted by Crippen LogP contribution is 2.27. The molecule has 28 heavy (non-hydrogen) atoms. The van der Waals surface area contributed by atoms with Gasteiger partial charge in [0.2, 0.25) is 5.95 Å². The lowest BCUT2D eigenvalue weighted by molar-refractivity contribution is 0.244. The molecule has 0 saturated carbocycles. The summed E-state index contributed by atoms with van der Waals surface area (Å²) in [4.78, 5) is 8.85. The van der Waals surface area contributed by atoms with Crippen LogP contribution in [0.25, 0.3) is 0 Å². The maximum absolute atomic E-state index is 5.84. The summed E-state index contributed by atoms with van der Waals surface area (Å²) in [6.45, 7) is 4.74. The van der Waals surface area contributed by atoms with Crippen molar-refractivity contribution in [3.05, 3.63) is 66.4 Å². The molecule has 2 aromatic carbocycles. The molecule has 0 fully saturated rings. The van der Waals surface area contributed by atoms with E-state index < -0.39 is 0 Å². The van der Waals surface area contributed by atoms with E-state index in [1.165, 1.54) is 0 Å². The number of hydrogen-bond acceptors (Lipinski definition) is 6. The first-order valence-corrected chi connectivity index (χ1v) is 9.37. The highest BCUT2D eigenvalue weighted by Gasteiger charge is 2.07. The summed E-state index contributed by atoms with van der Waals surface area (Å²) in [6.07, 6.45) is 2.65. The van der Waals surface area contributed by atoms with Crippen LogP contribution in [0.1, 0.15) is 19.4 Å². The van der Waals surface area contributed by atoms with Gasteiger partial charge < -0.3 is 20.1 Å². The maximum Gasteiger partial charge on any atom is 0.229 e. The standard InChI is InChI=1S/C22H26N4O2/c1-16(2)28-20-11-7-5-9-18(20)25-22-24-15-13-21(26-22)23-14-12-17-8-4-6-10-19(17)27-3/h4-11,13,15-16H,12,14H2,1-3H3,(H2,23,24,25,26). The fourth-order valence-electron chi connectivity index (χ4n) is 2.80. The van der Waals surface area contributed by atoms with Gasteiger partial charge in [-0.25, -0.2) is 4.98 Å². The molecule has 146 valence electrons. The number of anilines is 3. The molecule has 1 heterocycles. The second kappa shape index (κ2) is 9.60. The van der Waals surface area contributed by atoms with Crippen molar-refractivity contribution >= 4 is 17.5 Å². The van der Waals surface area contributed by atoms with Gasteiger partial charge in [-0.2, -0.15) is 4.98 Å². The van der Waals surface area contributed by atoms with Crippen LogP contribution < -0.4 is 20.1 Å². The van der Waals surface area contributed by atoms with Crippen LogP contribution in [0.2, 0.25) is 0 Å². The van der Waals surface area contributed by atoms with Crippen LogP contribution in [0.5, 0.6) is 11.5 Å². The third-order valence-electron chi connectivity index (χ3n) is 4.04. The molecule has 0 atom stereocenters. The van der Waals surface area contributed by atoms with Gasteiger partial charge >= 0.3 is 0 Å². The van der Waals surface area contributed by atoms with E-state index in [0.717, 1.165) is 41.5 Å². The molecule has 0 unspecified atom stereocenters. The zero-order valence-electron chi connectivity index (χ0n) is 16.5. The molecule has 0 spiro atoms. The molecule has 0 aliphatic heterocycles. The lowest BCUT2D eigenvalue weighted by Crippen LogP contribution is -2.09. The summed E-state index contributed by atoms with van der Waals surface area (Å²) >= 11 is 0. The average molecular weight is 378 g/mol. The van der Waals surface area contributed by atoms with Crippen LogP contribution >= 0.6 is 0 Å². The summed E-state index contributed by atoms with van der Waals surface area (Å²) in [5, 5.41) is 6.58. The molecule has 3 rings (SSSR count). The SMILES string of the molecule is COc1ccccc1CCNc1ccnc(Nc2ccccc2OC(C)C)n1. The molecule has 6 nitrogen and oxygen atoms in total. The number of rotatable bonds is 9. The summed E-state index contributed by atoms with van der Waals surface area (Å²) in [7, 11) is 1.69. The Morgan fingerprint density at radius 1 is 0.964 bits per heavy atom. The largest absolute Gasteiger partial charge is 0.496 e. The second-order valence-corrected chi connectivity index (χ2v) is 6.54. The Morgan fingerprint density at radius 2 is 1.71 bits per heavy atom. The molecule has 6 heteroatoms. The molecule has 0 bridgehead atoms. The Morgan fingerprint density at radius 3 is 2.50 bits per heavy atom. The Hall–Kier alpha value is -3.28. The summed E-state index contributed by atoms with van der Waals surface area (Å²) < 4.78 is 11.2. The smallest absolute Gasteiger partial charge is 0.229 e. The van der Waals surface area contributed by atoms with Crippen molar-refractivity contribution in [2.45, 2.75) is 26.4 Å². The maximum atomic E-state index is 5.84. The minimum absolute atomic E-state index is 0.0897. The predicted molar refractivity (Wildman–Crippen MR) is 113 cm³/mol. The minimum atomic E-state index is 0.0897. The highest BCUT2D eigenvalue weighted by molar-refractivity contribution is 5.63. The van der Waals surface area contributed by atoms with Crippen molar-refractivity contribution in [1.29, 1.82) is 0 Å². The first-order valence-electron chi connectivity index (χ1n) is 9.37. The van der Waals surface area contributed by atoms with Crippen LogP contribution in [0.4, 0.5) is 17.5 Å². The Balaban J connectivity index is 1.63. The third kappa shape index (κ3) is 5.36. The average Bonchev–Trinajstić information content (AvgIpc) is 2.70. The lowest BCUT2D eigenvalue weighted by atomic mass is 10.1. The molecule has 0 aliphatic carbocycles. The van der Waals surface area contributed by atoms with Crippen LogP contribution in [-0.4, -0.2) is 29.7 Å². The van der Waals surface area contributed by atoms with Gasteiger partial charge in [0.05, 0.1) is 18.9 Å². The number of methoxy groups -OCH3 is 1. The number of nitrogens with zero attached hydrogens (tertiary/aromatic N) is 2. The normalized spacial score (nSPS) is 10.6. The number of benzene rings is 2. The van der Waals surface area contributed by atoms with Crippen molar-refractivity contribution in [2.24, 2.45) is 0 Å². The third-order valence-corrected chi connectivity index (χ3v) is 4.04. The van der Waals surface area contributed by atoms with Gasteiger partial charge in [-0.15, -0.1) is 0 Å². The molecule has 0 amide bonds. The Labute approximate surface area is 166 Å². The van der Waals surface area contributed by atoms with E-state index in [-0.39, 0.29) is 6.10 Å². The number of ether oxygens (including phenoxy) is 2. The molecule has 1 aromatic heterocycles. The van der Waals surface area contributed by atoms with Crippen molar-refractivity contribution < 1.29 is 9.47 Å². The van der Waals surface area contributed by atoms with Crippen molar-refractivity contribution in [3.63, 3.8) is 0 Å². The van der Waals surface area contributed by atoms with Gasteiger partial charge in [0.25, 0.3) is 0 Å². The van der Waals surface area contributed by atoms with Gasteiger partial charge in [0.1, 0.15) is 17.3 Å². The van der Waals surface area contributed by atoms with Crippen LogP contribution in [0.3, 0.4) is 0 Å². The molecule has 0 aliphatic rings. The molecular weight excluding hydrogens is 352 g/mol. The molecule has 2 N–H and O–H groups in total. The first-order chi connectivity index (χ1) is 13.7. The van der Waals surface area contributed by atoms with E-state index in [1.807, 2.05) is 62.4 Å². The van der Waals surface area contributed by atoms with Gasteiger partial charge in [0, 0.05) is 12.7 Å². The highest BCUT2D eigenvalue weighted by atomic mass is 16.5. The molecule has 3 aromatic rings.